The van der Waals surface area contributed by atoms with Gasteiger partial charge in [0.1, 0.15) is 0 Å². The number of carboxylic acids is 3. The average molecular weight is 635 g/mol. The summed E-state index contributed by atoms with van der Waals surface area (Å²) in [7, 11) is 0. The first-order chi connectivity index (χ1) is 21.3. The predicted molar refractivity (Wildman–Crippen MR) is 176 cm³/mol. The van der Waals surface area contributed by atoms with Gasteiger partial charge in [-0.2, -0.15) is 0 Å². The Morgan fingerprint density at radius 1 is 0.935 bits per heavy atom. The number of aromatic amines is 2. The number of nitrogens with zero attached hydrogens (tertiary/aromatic N) is 2. The van der Waals surface area contributed by atoms with E-state index >= 15 is 0 Å². The number of hydrogen-bond donors (Lipinski definition) is 3. The quantitative estimate of drug-likeness (QED) is 0.290. The Kier molecular flexibility index (Phi) is 9.98. The maximum absolute atomic E-state index is 12.8. The minimum Gasteiger partial charge on any atom is -0.657 e. The van der Waals surface area contributed by atoms with Crippen molar-refractivity contribution in [2.45, 2.75) is 79.1 Å². The standard InChI is InChI=1S/C35H38N4O6.Mg/c1-8-20-15(3)24-13-25-17(5)22(10-11-28(40)41)33(38-25)23(12-29(42)43)34-30(35(44)45)18(6)31(39-34)19(7)32-21(9-2)16(4)26(37-32)14-27(20)36-24;/h8,13-14,17,22H,1,9-12H2,2-7H3,(H5,36,37,38,39,40,41,42,43,44,45);/q;+2. The number of H-pyrrole nitrogens is 2. The molecule has 10 nitrogen and oxygen atoms in total. The van der Waals surface area contributed by atoms with Crippen LogP contribution in [-0.2, 0) is 16.0 Å². The number of hydrogen-bond acceptors (Lipinski definition) is 3. The first-order valence-corrected chi connectivity index (χ1v) is 15.0. The van der Waals surface area contributed by atoms with Gasteiger partial charge in [0.05, 0.1) is 18.3 Å². The number of aromatic nitrogens is 4. The number of allylic oxidation sites excluding steroid dienone is 2. The van der Waals surface area contributed by atoms with Gasteiger partial charge in [0.25, 0.3) is 0 Å². The Morgan fingerprint density at radius 2 is 1.63 bits per heavy atom. The fourth-order valence-electron chi connectivity index (χ4n) is 6.89. The van der Waals surface area contributed by atoms with E-state index in [4.69, 9.17) is 9.97 Å². The second kappa shape index (κ2) is 13.3. The van der Waals surface area contributed by atoms with Crippen molar-refractivity contribution in [1.82, 2.24) is 9.97 Å². The SMILES string of the molecule is C=Cc1c(C)c2cc3[nH+]c(c(CC(=O)O)c4[n-]c(c(C)c5[nH+]c(cc1[n-]2)C(C)=C5CC)c(C)c4C(=O)O)C(CCC(=O)O)C3C.[Mg+2]. The molecule has 0 amide bonds. The molecule has 5 N–H and O–H groups in total. The van der Waals surface area contributed by atoms with E-state index in [1.165, 1.54) is 0 Å². The monoisotopic (exact) mass is 634 g/mol. The Labute approximate surface area is 282 Å². The van der Waals surface area contributed by atoms with Crippen molar-refractivity contribution in [2.24, 2.45) is 0 Å². The second-order valence-electron chi connectivity index (χ2n) is 11.9. The number of carbonyl (C=O) groups is 3. The molecule has 5 rings (SSSR count). The van der Waals surface area contributed by atoms with Crippen LogP contribution < -0.4 is 19.9 Å². The first kappa shape index (κ1) is 34.6. The summed E-state index contributed by atoms with van der Waals surface area (Å²) >= 11 is 0. The van der Waals surface area contributed by atoms with Crippen LogP contribution in [-0.4, -0.2) is 56.3 Å². The van der Waals surface area contributed by atoms with Crippen molar-refractivity contribution in [3.8, 4) is 0 Å². The number of fused-ring (bicyclic) bond motifs is 8. The third kappa shape index (κ3) is 5.89. The molecule has 0 radical (unpaired) electrons. The second-order valence-corrected chi connectivity index (χ2v) is 11.9. The van der Waals surface area contributed by atoms with Crippen LogP contribution in [0.25, 0.3) is 39.3 Å². The molecule has 8 bridgehead atoms. The number of aryl methyl sites for hydroxylation is 3. The summed E-state index contributed by atoms with van der Waals surface area (Å²) in [5.41, 5.74) is 10.1. The number of carboxylic acid groups (broad SMARTS) is 3. The minimum absolute atomic E-state index is 0. The molecule has 5 heterocycles. The molecule has 46 heavy (non-hydrogen) atoms. The summed E-state index contributed by atoms with van der Waals surface area (Å²) in [5.74, 6) is -4.02. The molecule has 0 fully saturated rings. The molecular formula is C35H38MgN4O6+2. The van der Waals surface area contributed by atoms with Crippen LogP contribution in [0.1, 0.15) is 113 Å². The molecule has 3 aromatic rings. The van der Waals surface area contributed by atoms with Crippen LogP contribution in [0.4, 0.5) is 0 Å². The van der Waals surface area contributed by atoms with Gasteiger partial charge < -0.3 is 25.3 Å². The van der Waals surface area contributed by atoms with Crippen LogP contribution in [0.5, 0.6) is 0 Å². The third-order valence-corrected chi connectivity index (χ3v) is 9.34. The van der Waals surface area contributed by atoms with Crippen molar-refractivity contribution in [3.63, 3.8) is 0 Å². The maximum atomic E-state index is 12.8. The molecule has 2 unspecified atom stereocenters. The molecule has 0 saturated heterocycles. The normalized spacial score (nSPS) is 15.9. The van der Waals surface area contributed by atoms with Gasteiger partial charge in [-0.3, -0.25) is 9.59 Å². The van der Waals surface area contributed by atoms with E-state index in [9.17, 15) is 29.7 Å². The van der Waals surface area contributed by atoms with Crippen molar-refractivity contribution in [1.29, 1.82) is 0 Å². The molecule has 2 aliphatic rings. The zero-order chi connectivity index (χ0) is 32.9. The molecule has 0 saturated carbocycles. The zero-order valence-electron chi connectivity index (χ0n) is 27.1. The first-order valence-electron chi connectivity index (χ1n) is 15.0. The summed E-state index contributed by atoms with van der Waals surface area (Å²) in [6.45, 7) is 15.6. The summed E-state index contributed by atoms with van der Waals surface area (Å²) in [6.07, 6.45) is 2.06. The smallest absolute Gasteiger partial charge is 0.657 e. The predicted octanol–water partition coefficient (Wildman–Crippen LogP) is 5.02. The molecule has 234 valence electrons. The van der Waals surface area contributed by atoms with Gasteiger partial charge in [0.15, 0.2) is 11.4 Å². The van der Waals surface area contributed by atoms with E-state index < -0.39 is 30.2 Å². The molecule has 2 aliphatic heterocycles. The number of aliphatic carboxylic acids is 2. The van der Waals surface area contributed by atoms with Gasteiger partial charge in [0, 0.05) is 34.3 Å². The number of rotatable bonds is 8. The van der Waals surface area contributed by atoms with Gasteiger partial charge >= 0.3 is 41.0 Å². The Balaban J connectivity index is 0.00000480. The van der Waals surface area contributed by atoms with Crippen molar-refractivity contribution >= 4 is 80.2 Å². The van der Waals surface area contributed by atoms with Crippen LogP contribution in [0.2, 0.25) is 0 Å². The third-order valence-electron chi connectivity index (χ3n) is 9.34. The van der Waals surface area contributed by atoms with E-state index in [0.29, 0.717) is 28.7 Å². The topological polar surface area (TPSA) is 168 Å². The molecule has 0 aliphatic carbocycles. The van der Waals surface area contributed by atoms with E-state index in [2.05, 4.69) is 23.5 Å². The van der Waals surface area contributed by atoms with Crippen LogP contribution in [0, 0.1) is 20.8 Å². The van der Waals surface area contributed by atoms with Crippen molar-refractivity contribution < 1.29 is 39.7 Å². The van der Waals surface area contributed by atoms with Crippen molar-refractivity contribution in [2.75, 3.05) is 0 Å². The van der Waals surface area contributed by atoms with E-state index in [-0.39, 0.29) is 58.5 Å². The zero-order valence-corrected chi connectivity index (χ0v) is 28.5. The van der Waals surface area contributed by atoms with Gasteiger partial charge in [-0.15, -0.1) is 22.1 Å². The van der Waals surface area contributed by atoms with Gasteiger partial charge in [-0.1, -0.05) is 37.6 Å². The minimum atomic E-state index is -1.22. The summed E-state index contributed by atoms with van der Waals surface area (Å²) in [6, 6.07) is 3.91. The molecule has 2 atom stereocenters. The summed E-state index contributed by atoms with van der Waals surface area (Å²) in [5, 5.41) is 30.1. The van der Waals surface area contributed by atoms with Gasteiger partial charge in [0.2, 0.25) is 11.4 Å². The largest absolute Gasteiger partial charge is 2.00 e. The summed E-state index contributed by atoms with van der Waals surface area (Å²) in [4.78, 5) is 53.6. The molecular weight excluding hydrogens is 597 g/mol. The molecule has 0 spiro atoms. The van der Waals surface area contributed by atoms with Gasteiger partial charge in [-0.25, -0.2) is 14.8 Å². The van der Waals surface area contributed by atoms with E-state index in [1.807, 2.05) is 39.8 Å². The van der Waals surface area contributed by atoms with Crippen LogP contribution >= 0.6 is 0 Å². The van der Waals surface area contributed by atoms with Crippen molar-refractivity contribution in [3.05, 3.63) is 74.9 Å². The Morgan fingerprint density at radius 3 is 2.22 bits per heavy atom. The molecule has 3 aromatic heterocycles. The number of nitrogens with one attached hydrogen (secondary N) is 2. The maximum Gasteiger partial charge on any atom is 2.00 e. The fraction of sp³-hybridized carbons (Fsp3) is 0.343. The Bertz CT molecular complexity index is 2000. The van der Waals surface area contributed by atoms with Crippen LogP contribution in [0.3, 0.4) is 0 Å². The van der Waals surface area contributed by atoms with Gasteiger partial charge in [-0.05, 0) is 58.2 Å². The summed E-state index contributed by atoms with van der Waals surface area (Å²) < 4.78 is 0. The average Bonchev–Trinajstić information content (AvgIpc) is 3.67. The molecule has 0 aromatic carbocycles. The van der Waals surface area contributed by atoms with E-state index in [0.717, 1.165) is 50.4 Å². The molecule has 11 heteroatoms. The Hall–Kier alpha value is -4.22. The fourth-order valence-corrected chi connectivity index (χ4v) is 6.89. The van der Waals surface area contributed by atoms with Crippen LogP contribution in [0.15, 0.2) is 18.7 Å². The number of aromatic carboxylic acids is 1. The van der Waals surface area contributed by atoms with E-state index in [1.54, 1.807) is 13.0 Å².